The van der Waals surface area contributed by atoms with Crippen LogP contribution >= 0.6 is 0 Å². The molecule has 2 aromatic rings. The fourth-order valence-electron chi connectivity index (χ4n) is 2.26. The Balaban J connectivity index is 2.70. The van der Waals surface area contributed by atoms with Gasteiger partial charge in [-0.3, -0.25) is 9.59 Å². The molecular weight excluding hydrogens is 270 g/mol. The van der Waals surface area contributed by atoms with Gasteiger partial charge < -0.3 is 14.0 Å². The van der Waals surface area contributed by atoms with E-state index >= 15 is 0 Å². The number of aromatic nitrogens is 1. The molecule has 0 bridgehead atoms. The maximum absolute atomic E-state index is 11.8. The van der Waals surface area contributed by atoms with Gasteiger partial charge in [-0.1, -0.05) is 0 Å². The molecule has 1 heterocycles. The van der Waals surface area contributed by atoms with Crippen LogP contribution in [0.25, 0.3) is 11.1 Å². The predicted octanol–water partition coefficient (Wildman–Crippen LogP) is 2.19. The molecule has 2 rings (SSSR count). The Labute approximate surface area is 122 Å². The van der Waals surface area contributed by atoms with E-state index in [9.17, 15) is 9.59 Å². The van der Waals surface area contributed by atoms with Crippen LogP contribution in [0.3, 0.4) is 0 Å². The zero-order valence-electron chi connectivity index (χ0n) is 12.5. The number of methoxy groups -OCH3 is 2. The Morgan fingerprint density at radius 1 is 1.05 bits per heavy atom. The van der Waals surface area contributed by atoms with Gasteiger partial charge in [0, 0.05) is 18.8 Å². The molecule has 0 N–H and O–H groups in total. The van der Waals surface area contributed by atoms with E-state index < -0.39 is 0 Å². The molecule has 0 unspecified atom stereocenters. The molecule has 0 aliphatic carbocycles. The summed E-state index contributed by atoms with van der Waals surface area (Å²) < 4.78 is 12.0. The lowest BCUT2D eigenvalue weighted by Crippen LogP contribution is -2.18. The first-order valence-electron chi connectivity index (χ1n) is 6.40. The van der Waals surface area contributed by atoms with Gasteiger partial charge in [0.2, 0.25) is 0 Å². The summed E-state index contributed by atoms with van der Waals surface area (Å²) in [5, 5.41) is 0. The van der Waals surface area contributed by atoms with Gasteiger partial charge >= 0.3 is 0 Å². The third-order valence-electron chi connectivity index (χ3n) is 3.36. The minimum Gasteiger partial charge on any atom is -0.496 e. The van der Waals surface area contributed by atoms with Crippen LogP contribution in [0.1, 0.15) is 15.9 Å². The summed E-state index contributed by atoms with van der Waals surface area (Å²) in [5.41, 5.74) is 2.64. The summed E-state index contributed by atoms with van der Waals surface area (Å²) in [6.07, 6.45) is 2.44. The molecule has 1 aromatic heterocycles. The van der Waals surface area contributed by atoms with Gasteiger partial charge in [-0.15, -0.1) is 0 Å². The van der Waals surface area contributed by atoms with Crippen molar-refractivity contribution in [1.29, 1.82) is 0 Å². The zero-order valence-corrected chi connectivity index (χ0v) is 12.5. The molecule has 0 aliphatic rings. The maximum Gasteiger partial charge on any atom is 0.253 e. The van der Waals surface area contributed by atoms with E-state index in [1.54, 1.807) is 38.4 Å². The van der Waals surface area contributed by atoms with E-state index in [0.717, 1.165) is 11.1 Å². The van der Waals surface area contributed by atoms with Gasteiger partial charge in [-0.25, -0.2) is 0 Å². The highest BCUT2D eigenvalue weighted by atomic mass is 16.5. The van der Waals surface area contributed by atoms with Gasteiger partial charge in [0.05, 0.1) is 19.8 Å². The lowest BCUT2D eigenvalue weighted by atomic mass is 10.0. The number of hydrogen-bond acceptors (Lipinski definition) is 4. The lowest BCUT2D eigenvalue weighted by Gasteiger charge is -2.13. The van der Waals surface area contributed by atoms with Crippen LogP contribution in [0.15, 0.2) is 29.2 Å². The molecule has 0 spiro atoms. The maximum atomic E-state index is 11.8. The van der Waals surface area contributed by atoms with Crippen molar-refractivity contribution < 1.29 is 14.3 Å². The number of carbonyl (C=O) groups excluding carboxylic acids is 1. The van der Waals surface area contributed by atoms with Crippen molar-refractivity contribution in [2.75, 3.05) is 14.2 Å². The largest absolute Gasteiger partial charge is 0.496 e. The smallest absolute Gasteiger partial charge is 0.253 e. The Bertz CT molecular complexity index is 695. The van der Waals surface area contributed by atoms with Gasteiger partial charge in [0.25, 0.3) is 5.56 Å². The van der Waals surface area contributed by atoms with E-state index in [4.69, 9.17) is 9.47 Å². The second kappa shape index (κ2) is 5.83. The van der Waals surface area contributed by atoms with Gasteiger partial charge in [0.1, 0.15) is 11.5 Å². The summed E-state index contributed by atoms with van der Waals surface area (Å²) in [6, 6.07) is 5.31. The van der Waals surface area contributed by atoms with Crippen LogP contribution in [0.4, 0.5) is 0 Å². The van der Waals surface area contributed by atoms with Crippen LogP contribution in [0.5, 0.6) is 11.5 Å². The van der Waals surface area contributed by atoms with E-state index in [0.29, 0.717) is 28.9 Å². The molecule has 0 aliphatic heterocycles. The van der Waals surface area contributed by atoms with Crippen molar-refractivity contribution in [3.05, 3.63) is 45.9 Å². The number of pyridine rings is 1. The van der Waals surface area contributed by atoms with Crippen molar-refractivity contribution in [2.45, 2.75) is 6.92 Å². The lowest BCUT2D eigenvalue weighted by molar-refractivity contribution is 0.111. The minimum atomic E-state index is -0.0396. The van der Waals surface area contributed by atoms with Crippen molar-refractivity contribution in [3.63, 3.8) is 0 Å². The first kappa shape index (κ1) is 14.8. The average Bonchev–Trinajstić information content (AvgIpc) is 2.50. The first-order valence-corrected chi connectivity index (χ1v) is 6.40. The van der Waals surface area contributed by atoms with E-state index in [1.165, 1.54) is 18.8 Å². The van der Waals surface area contributed by atoms with Crippen molar-refractivity contribution in [1.82, 2.24) is 4.57 Å². The predicted molar refractivity (Wildman–Crippen MR) is 80.3 cm³/mol. The second-order valence-corrected chi connectivity index (χ2v) is 4.74. The van der Waals surface area contributed by atoms with E-state index in [1.807, 2.05) is 0 Å². The molecule has 0 atom stereocenters. The summed E-state index contributed by atoms with van der Waals surface area (Å²) in [6.45, 7) is 1.76. The topological polar surface area (TPSA) is 57.5 Å². The van der Waals surface area contributed by atoms with E-state index in [-0.39, 0.29) is 5.56 Å². The number of rotatable bonds is 4. The molecule has 5 heteroatoms. The minimum absolute atomic E-state index is 0.0396. The van der Waals surface area contributed by atoms with Crippen LogP contribution in [0.2, 0.25) is 0 Å². The van der Waals surface area contributed by atoms with Crippen LogP contribution < -0.4 is 15.0 Å². The fraction of sp³-hybridized carbons (Fsp3) is 0.250. The van der Waals surface area contributed by atoms with Gasteiger partial charge in [-0.2, -0.15) is 0 Å². The highest BCUT2D eigenvalue weighted by Crippen LogP contribution is 2.33. The number of aldehydes is 1. The van der Waals surface area contributed by atoms with Crippen molar-refractivity contribution >= 4 is 6.29 Å². The molecule has 0 amide bonds. The highest BCUT2D eigenvalue weighted by Gasteiger charge is 2.13. The van der Waals surface area contributed by atoms with Crippen molar-refractivity contribution in [2.24, 2.45) is 7.05 Å². The quantitative estimate of drug-likeness (QED) is 0.809. The number of ether oxygens (including phenoxy) is 2. The summed E-state index contributed by atoms with van der Waals surface area (Å²) >= 11 is 0. The molecule has 0 saturated heterocycles. The Morgan fingerprint density at radius 2 is 1.62 bits per heavy atom. The fourth-order valence-corrected chi connectivity index (χ4v) is 2.26. The molecule has 5 nitrogen and oxygen atoms in total. The van der Waals surface area contributed by atoms with Gasteiger partial charge in [-0.05, 0) is 36.2 Å². The molecule has 0 radical (unpaired) electrons. The molecule has 1 aromatic carbocycles. The van der Waals surface area contributed by atoms with Crippen molar-refractivity contribution in [3.8, 4) is 22.6 Å². The number of aryl methyl sites for hydroxylation is 2. The number of benzene rings is 1. The van der Waals surface area contributed by atoms with Crippen LogP contribution in [-0.2, 0) is 7.05 Å². The second-order valence-electron chi connectivity index (χ2n) is 4.74. The van der Waals surface area contributed by atoms with E-state index in [2.05, 4.69) is 0 Å². The molecule has 0 fully saturated rings. The molecule has 0 saturated carbocycles. The molecule has 21 heavy (non-hydrogen) atoms. The molecular formula is C16H17NO4. The summed E-state index contributed by atoms with van der Waals surface area (Å²) in [4.78, 5) is 22.9. The van der Waals surface area contributed by atoms with Gasteiger partial charge in [0.15, 0.2) is 6.29 Å². The monoisotopic (exact) mass is 287 g/mol. The normalized spacial score (nSPS) is 10.3. The number of nitrogens with zero attached hydrogens (tertiary/aromatic N) is 1. The first-order chi connectivity index (χ1) is 10.0. The standard InChI is InChI=1S/C16H17NO4/c1-10-5-12(8-17(2)16(10)19)11-6-14(20-3)13(9-18)15(7-11)21-4/h5-9H,1-4H3. The average molecular weight is 287 g/mol. The molecule has 110 valence electrons. The zero-order chi connectivity index (χ0) is 15.6. The Morgan fingerprint density at radius 3 is 2.05 bits per heavy atom. The Hall–Kier alpha value is -2.56. The third kappa shape index (κ3) is 2.67. The van der Waals surface area contributed by atoms with Crippen LogP contribution in [0, 0.1) is 6.92 Å². The SMILES string of the molecule is COc1cc(-c2cc(C)c(=O)n(C)c2)cc(OC)c1C=O. The summed E-state index contributed by atoms with van der Waals surface area (Å²) in [5.74, 6) is 0.872. The number of carbonyl (C=O) groups is 1. The number of hydrogen-bond donors (Lipinski definition) is 0. The Kier molecular flexibility index (Phi) is 4.12. The summed E-state index contributed by atoms with van der Waals surface area (Å²) in [7, 11) is 4.70. The van der Waals surface area contributed by atoms with Crippen LogP contribution in [-0.4, -0.2) is 25.1 Å². The third-order valence-corrected chi connectivity index (χ3v) is 3.36. The highest BCUT2D eigenvalue weighted by molar-refractivity contribution is 5.86.